The van der Waals surface area contributed by atoms with Crippen LogP contribution in [-0.2, 0) is 10.0 Å². The molecule has 6 nitrogen and oxygen atoms in total. The molecule has 0 amide bonds. The summed E-state index contributed by atoms with van der Waals surface area (Å²) in [6.45, 7) is 0.863. The SMILES string of the molecule is Nc1cc(NCC2(CCO)CC2)cc(S(N)(=O)=O)c1. The van der Waals surface area contributed by atoms with Gasteiger partial charge in [-0.15, -0.1) is 0 Å². The van der Waals surface area contributed by atoms with Crippen LogP contribution in [0.1, 0.15) is 19.3 Å². The zero-order valence-electron chi connectivity index (χ0n) is 10.6. The molecule has 1 fully saturated rings. The van der Waals surface area contributed by atoms with Crippen LogP contribution in [0.5, 0.6) is 0 Å². The highest BCUT2D eigenvalue weighted by Crippen LogP contribution is 2.48. The third kappa shape index (κ3) is 3.59. The molecule has 1 aromatic rings. The standard InChI is InChI=1S/C12H19N3O3S/c13-9-5-10(7-11(6-9)19(14,17)18)15-8-12(1-2-12)3-4-16/h5-7,15-16H,1-4,8,13H2,(H2,14,17,18). The Hall–Kier alpha value is -1.31. The van der Waals surface area contributed by atoms with Gasteiger partial charge in [-0.2, -0.15) is 0 Å². The fraction of sp³-hybridized carbons (Fsp3) is 0.500. The smallest absolute Gasteiger partial charge is 0.238 e. The Balaban J connectivity index is 2.11. The molecule has 0 saturated heterocycles. The minimum absolute atomic E-state index is 0.00186. The van der Waals surface area contributed by atoms with Crippen LogP contribution in [0.3, 0.4) is 0 Å². The summed E-state index contributed by atoms with van der Waals surface area (Å²) in [5, 5.41) is 17.3. The molecule has 1 aliphatic rings. The predicted octanol–water partition coefficient (Wildman–Crippen LogP) is 0.491. The van der Waals surface area contributed by atoms with Gasteiger partial charge in [0.25, 0.3) is 0 Å². The lowest BCUT2D eigenvalue weighted by Gasteiger charge is -2.16. The summed E-state index contributed by atoms with van der Waals surface area (Å²) >= 11 is 0. The number of hydrogen-bond donors (Lipinski definition) is 4. The minimum atomic E-state index is -3.76. The largest absolute Gasteiger partial charge is 0.399 e. The number of nitrogen functional groups attached to an aromatic ring is 1. The normalized spacial score (nSPS) is 17.2. The quantitative estimate of drug-likeness (QED) is 0.567. The summed E-state index contributed by atoms with van der Waals surface area (Å²) in [4.78, 5) is 0.00186. The molecule has 0 unspecified atom stereocenters. The molecular formula is C12H19N3O3S. The minimum Gasteiger partial charge on any atom is -0.399 e. The van der Waals surface area contributed by atoms with Gasteiger partial charge < -0.3 is 16.2 Å². The maximum atomic E-state index is 11.3. The molecular weight excluding hydrogens is 266 g/mol. The first kappa shape index (κ1) is 14.1. The molecule has 0 bridgehead atoms. The van der Waals surface area contributed by atoms with Crippen molar-refractivity contribution < 1.29 is 13.5 Å². The molecule has 1 aliphatic carbocycles. The van der Waals surface area contributed by atoms with Crippen molar-refractivity contribution in [1.82, 2.24) is 0 Å². The van der Waals surface area contributed by atoms with Crippen LogP contribution in [0, 0.1) is 5.41 Å². The second kappa shape index (κ2) is 4.99. The summed E-state index contributed by atoms with van der Waals surface area (Å²) in [6.07, 6.45) is 2.90. The number of benzene rings is 1. The molecule has 7 heteroatoms. The zero-order valence-corrected chi connectivity index (χ0v) is 11.4. The average Bonchev–Trinajstić information content (AvgIpc) is 3.06. The van der Waals surface area contributed by atoms with Crippen molar-refractivity contribution in [3.8, 4) is 0 Å². The molecule has 1 aromatic carbocycles. The van der Waals surface area contributed by atoms with E-state index in [1.54, 1.807) is 6.07 Å². The number of primary sulfonamides is 1. The number of rotatable bonds is 6. The van der Waals surface area contributed by atoms with E-state index in [9.17, 15) is 8.42 Å². The topological polar surface area (TPSA) is 118 Å². The van der Waals surface area contributed by atoms with E-state index in [2.05, 4.69) is 5.32 Å². The van der Waals surface area contributed by atoms with Gasteiger partial charge in [0.1, 0.15) is 0 Å². The first-order valence-electron chi connectivity index (χ1n) is 6.13. The van der Waals surface area contributed by atoms with Gasteiger partial charge in [-0.3, -0.25) is 0 Å². The van der Waals surface area contributed by atoms with Crippen LogP contribution in [0.15, 0.2) is 23.1 Å². The van der Waals surface area contributed by atoms with E-state index < -0.39 is 10.0 Å². The van der Waals surface area contributed by atoms with Crippen molar-refractivity contribution in [1.29, 1.82) is 0 Å². The fourth-order valence-corrected chi connectivity index (χ4v) is 2.70. The number of nitrogens with one attached hydrogen (secondary N) is 1. The van der Waals surface area contributed by atoms with E-state index in [1.807, 2.05) is 0 Å². The summed E-state index contributed by atoms with van der Waals surface area (Å²) in [6, 6.07) is 4.48. The Morgan fingerprint density at radius 3 is 2.53 bits per heavy atom. The highest BCUT2D eigenvalue weighted by Gasteiger charge is 2.41. The fourth-order valence-electron chi connectivity index (χ4n) is 2.11. The van der Waals surface area contributed by atoms with Gasteiger partial charge in [-0.25, -0.2) is 13.6 Å². The van der Waals surface area contributed by atoms with Gasteiger partial charge >= 0.3 is 0 Å². The van der Waals surface area contributed by atoms with E-state index in [1.165, 1.54) is 12.1 Å². The van der Waals surface area contributed by atoms with Gasteiger partial charge in [0, 0.05) is 24.5 Å². The first-order chi connectivity index (χ1) is 8.85. The highest BCUT2D eigenvalue weighted by atomic mass is 32.2. The van der Waals surface area contributed by atoms with Crippen molar-refractivity contribution >= 4 is 21.4 Å². The zero-order chi connectivity index (χ0) is 14.1. The summed E-state index contributed by atoms with van der Waals surface area (Å²) in [7, 11) is -3.76. The van der Waals surface area contributed by atoms with Gasteiger partial charge in [0.2, 0.25) is 10.0 Å². The van der Waals surface area contributed by atoms with Crippen LogP contribution >= 0.6 is 0 Å². The average molecular weight is 285 g/mol. The molecule has 106 valence electrons. The summed E-state index contributed by atoms with van der Waals surface area (Å²) < 4.78 is 22.6. The molecule has 0 atom stereocenters. The van der Waals surface area contributed by atoms with Crippen LogP contribution in [0.4, 0.5) is 11.4 Å². The van der Waals surface area contributed by atoms with Crippen LogP contribution in [-0.4, -0.2) is 26.7 Å². The molecule has 19 heavy (non-hydrogen) atoms. The molecule has 1 saturated carbocycles. The highest BCUT2D eigenvalue weighted by molar-refractivity contribution is 7.89. The maximum absolute atomic E-state index is 11.3. The first-order valence-corrected chi connectivity index (χ1v) is 7.67. The molecule has 0 spiro atoms. The van der Waals surface area contributed by atoms with E-state index in [4.69, 9.17) is 16.0 Å². The Kier molecular flexibility index (Phi) is 3.71. The number of anilines is 2. The predicted molar refractivity (Wildman–Crippen MR) is 74.1 cm³/mol. The lowest BCUT2D eigenvalue weighted by Crippen LogP contribution is -2.18. The third-order valence-electron chi connectivity index (χ3n) is 3.52. The number of sulfonamides is 1. The Morgan fingerprint density at radius 1 is 1.32 bits per heavy atom. The molecule has 0 aromatic heterocycles. The van der Waals surface area contributed by atoms with Crippen molar-refractivity contribution in [3.05, 3.63) is 18.2 Å². The number of nitrogens with two attached hydrogens (primary N) is 2. The molecule has 0 aliphatic heterocycles. The number of aliphatic hydroxyl groups is 1. The molecule has 0 heterocycles. The van der Waals surface area contributed by atoms with Crippen molar-refractivity contribution in [2.75, 3.05) is 24.2 Å². The Labute approximate surface area is 112 Å². The number of aliphatic hydroxyl groups excluding tert-OH is 1. The van der Waals surface area contributed by atoms with Crippen molar-refractivity contribution in [3.63, 3.8) is 0 Å². The lowest BCUT2D eigenvalue weighted by molar-refractivity contribution is 0.253. The monoisotopic (exact) mass is 285 g/mol. The molecule has 2 rings (SSSR count). The van der Waals surface area contributed by atoms with Gasteiger partial charge in [-0.05, 0) is 42.9 Å². The second-order valence-electron chi connectivity index (χ2n) is 5.16. The second-order valence-corrected chi connectivity index (χ2v) is 6.72. The molecule has 6 N–H and O–H groups in total. The van der Waals surface area contributed by atoms with E-state index in [0.29, 0.717) is 17.9 Å². The Morgan fingerprint density at radius 2 is 2.00 bits per heavy atom. The van der Waals surface area contributed by atoms with E-state index in [0.717, 1.165) is 19.3 Å². The van der Waals surface area contributed by atoms with Crippen LogP contribution < -0.4 is 16.2 Å². The van der Waals surface area contributed by atoms with Crippen LogP contribution in [0.2, 0.25) is 0 Å². The Bertz CT molecular complexity index is 568. The third-order valence-corrected chi connectivity index (χ3v) is 4.42. The van der Waals surface area contributed by atoms with E-state index in [-0.39, 0.29) is 16.9 Å². The van der Waals surface area contributed by atoms with Crippen molar-refractivity contribution in [2.24, 2.45) is 10.6 Å². The molecule has 0 radical (unpaired) electrons. The van der Waals surface area contributed by atoms with Crippen molar-refractivity contribution in [2.45, 2.75) is 24.2 Å². The summed E-state index contributed by atoms with van der Waals surface area (Å²) in [5.41, 5.74) is 6.79. The van der Waals surface area contributed by atoms with Crippen LogP contribution in [0.25, 0.3) is 0 Å². The lowest BCUT2D eigenvalue weighted by atomic mass is 10.0. The maximum Gasteiger partial charge on any atom is 0.238 e. The van der Waals surface area contributed by atoms with Gasteiger partial charge in [0.15, 0.2) is 0 Å². The van der Waals surface area contributed by atoms with Gasteiger partial charge in [0.05, 0.1) is 4.90 Å². The summed E-state index contributed by atoms with van der Waals surface area (Å²) in [5.74, 6) is 0. The number of hydrogen-bond acceptors (Lipinski definition) is 5. The van der Waals surface area contributed by atoms with E-state index >= 15 is 0 Å². The van der Waals surface area contributed by atoms with Gasteiger partial charge in [-0.1, -0.05) is 0 Å².